The average Bonchev–Trinajstić information content (AvgIpc) is 2.97. The van der Waals surface area contributed by atoms with E-state index < -0.39 is 0 Å². The zero-order valence-corrected chi connectivity index (χ0v) is 13.5. The van der Waals surface area contributed by atoms with Gasteiger partial charge in [-0.1, -0.05) is 24.3 Å². The predicted octanol–water partition coefficient (Wildman–Crippen LogP) is 4.79. The Morgan fingerprint density at radius 1 is 1.09 bits per heavy atom. The van der Waals surface area contributed by atoms with E-state index in [1.165, 1.54) is 16.0 Å². The highest BCUT2D eigenvalue weighted by Crippen LogP contribution is 2.26. The minimum atomic E-state index is 0.852. The summed E-state index contributed by atoms with van der Waals surface area (Å²) < 4.78 is 5.16. The quantitative estimate of drug-likeness (QED) is 0.735. The van der Waals surface area contributed by atoms with Crippen LogP contribution in [0.25, 0.3) is 0 Å². The van der Waals surface area contributed by atoms with E-state index in [9.17, 15) is 0 Å². The van der Waals surface area contributed by atoms with Gasteiger partial charge in [0.2, 0.25) is 0 Å². The smallest absolute Gasteiger partial charge is 0.187 e. The molecule has 0 spiro atoms. The molecule has 0 atom stereocenters. The van der Waals surface area contributed by atoms with Crippen molar-refractivity contribution in [1.82, 2.24) is 4.98 Å². The van der Waals surface area contributed by atoms with Crippen LogP contribution in [0.3, 0.4) is 0 Å². The zero-order valence-electron chi connectivity index (χ0n) is 12.7. The molecule has 0 aliphatic carbocycles. The van der Waals surface area contributed by atoms with Crippen molar-refractivity contribution in [2.75, 3.05) is 12.4 Å². The molecule has 0 radical (unpaired) electrons. The van der Waals surface area contributed by atoms with Crippen LogP contribution < -0.4 is 10.1 Å². The van der Waals surface area contributed by atoms with Gasteiger partial charge in [-0.15, -0.1) is 11.3 Å². The second-order valence-electron chi connectivity index (χ2n) is 5.09. The van der Waals surface area contributed by atoms with Gasteiger partial charge in [0.25, 0.3) is 0 Å². The number of hydrogen-bond acceptors (Lipinski definition) is 4. The molecule has 1 N–H and O–H groups in total. The normalized spacial score (nSPS) is 10.5. The monoisotopic (exact) mass is 310 g/mol. The number of hydrogen-bond donors (Lipinski definition) is 1. The maximum Gasteiger partial charge on any atom is 0.187 e. The van der Waals surface area contributed by atoms with Gasteiger partial charge in [-0.05, 0) is 42.3 Å². The van der Waals surface area contributed by atoms with Crippen molar-refractivity contribution in [3.05, 3.63) is 70.7 Å². The molecule has 0 bridgehead atoms. The Morgan fingerprint density at radius 3 is 2.59 bits per heavy atom. The van der Waals surface area contributed by atoms with Crippen molar-refractivity contribution in [3.63, 3.8) is 0 Å². The summed E-state index contributed by atoms with van der Waals surface area (Å²) in [7, 11) is 1.67. The van der Waals surface area contributed by atoms with E-state index in [0.717, 1.165) is 23.0 Å². The Morgan fingerprint density at radius 2 is 1.86 bits per heavy atom. The number of methoxy groups -OCH3 is 1. The number of aryl methyl sites for hydroxylation is 1. The number of benzene rings is 2. The summed E-state index contributed by atoms with van der Waals surface area (Å²) in [4.78, 5) is 5.71. The SMILES string of the molecule is COc1ccc(Nc2ncc(Cc3ccccc3C)s2)cc1. The second kappa shape index (κ2) is 6.62. The van der Waals surface area contributed by atoms with Gasteiger partial charge in [0.1, 0.15) is 5.75 Å². The first-order valence-corrected chi connectivity index (χ1v) is 7.96. The van der Waals surface area contributed by atoms with Crippen LogP contribution in [-0.4, -0.2) is 12.1 Å². The van der Waals surface area contributed by atoms with Gasteiger partial charge in [-0.25, -0.2) is 4.98 Å². The van der Waals surface area contributed by atoms with Crippen LogP contribution in [0.5, 0.6) is 5.75 Å². The van der Waals surface area contributed by atoms with Crippen molar-refractivity contribution < 1.29 is 4.74 Å². The molecule has 0 fully saturated rings. The molecule has 3 rings (SSSR count). The van der Waals surface area contributed by atoms with Gasteiger partial charge < -0.3 is 10.1 Å². The lowest BCUT2D eigenvalue weighted by molar-refractivity contribution is 0.415. The molecule has 112 valence electrons. The van der Waals surface area contributed by atoms with Crippen molar-refractivity contribution in [1.29, 1.82) is 0 Å². The summed E-state index contributed by atoms with van der Waals surface area (Å²) in [6.45, 7) is 2.15. The number of thiazole rings is 1. The lowest BCUT2D eigenvalue weighted by atomic mass is 10.1. The van der Waals surface area contributed by atoms with E-state index in [2.05, 4.69) is 41.5 Å². The minimum Gasteiger partial charge on any atom is -0.497 e. The molecular weight excluding hydrogens is 292 g/mol. The van der Waals surface area contributed by atoms with Gasteiger partial charge in [0.15, 0.2) is 5.13 Å². The second-order valence-corrected chi connectivity index (χ2v) is 6.20. The van der Waals surface area contributed by atoms with Gasteiger partial charge in [-0.3, -0.25) is 0 Å². The van der Waals surface area contributed by atoms with Gasteiger partial charge >= 0.3 is 0 Å². The molecule has 0 saturated heterocycles. The first-order chi connectivity index (χ1) is 10.7. The van der Waals surface area contributed by atoms with Gasteiger partial charge in [-0.2, -0.15) is 0 Å². The summed E-state index contributed by atoms with van der Waals surface area (Å²) in [5.41, 5.74) is 3.68. The molecule has 0 amide bonds. The Balaban J connectivity index is 1.69. The number of nitrogens with zero attached hydrogens (tertiary/aromatic N) is 1. The van der Waals surface area contributed by atoms with E-state index >= 15 is 0 Å². The third-order valence-corrected chi connectivity index (χ3v) is 4.43. The summed E-state index contributed by atoms with van der Waals surface area (Å²) in [6, 6.07) is 16.3. The van der Waals surface area contributed by atoms with Crippen molar-refractivity contribution in [2.24, 2.45) is 0 Å². The number of nitrogens with one attached hydrogen (secondary N) is 1. The summed E-state index contributed by atoms with van der Waals surface area (Å²) >= 11 is 1.69. The third-order valence-electron chi connectivity index (χ3n) is 3.52. The standard InChI is InChI=1S/C18H18N2OS/c1-13-5-3-4-6-14(13)11-17-12-19-18(22-17)20-15-7-9-16(21-2)10-8-15/h3-10,12H,11H2,1-2H3,(H,19,20). The Hall–Kier alpha value is -2.33. The fourth-order valence-electron chi connectivity index (χ4n) is 2.24. The van der Waals surface area contributed by atoms with Crippen LogP contribution in [0.2, 0.25) is 0 Å². The van der Waals surface area contributed by atoms with Crippen molar-refractivity contribution in [3.8, 4) is 5.75 Å². The lowest BCUT2D eigenvalue weighted by Crippen LogP contribution is -1.89. The van der Waals surface area contributed by atoms with E-state index in [1.54, 1.807) is 18.4 Å². The fraction of sp³-hybridized carbons (Fsp3) is 0.167. The molecule has 22 heavy (non-hydrogen) atoms. The maximum atomic E-state index is 5.16. The molecule has 3 aromatic rings. The Labute approximate surface area is 134 Å². The summed E-state index contributed by atoms with van der Waals surface area (Å²) in [5.74, 6) is 0.852. The van der Waals surface area contributed by atoms with Gasteiger partial charge in [0, 0.05) is 23.2 Å². The lowest BCUT2D eigenvalue weighted by Gasteiger charge is -2.04. The van der Waals surface area contributed by atoms with Crippen molar-refractivity contribution in [2.45, 2.75) is 13.3 Å². The highest BCUT2D eigenvalue weighted by molar-refractivity contribution is 7.15. The summed E-state index contributed by atoms with van der Waals surface area (Å²) in [5, 5.41) is 4.24. The fourth-order valence-corrected chi connectivity index (χ4v) is 3.10. The molecule has 4 heteroatoms. The molecular formula is C18H18N2OS. The largest absolute Gasteiger partial charge is 0.497 e. The molecule has 1 heterocycles. The van der Waals surface area contributed by atoms with Crippen molar-refractivity contribution >= 4 is 22.2 Å². The summed E-state index contributed by atoms with van der Waals surface area (Å²) in [6.07, 6.45) is 2.87. The highest BCUT2D eigenvalue weighted by atomic mass is 32.1. The van der Waals surface area contributed by atoms with Crippen LogP contribution in [-0.2, 0) is 6.42 Å². The van der Waals surface area contributed by atoms with Crippen LogP contribution >= 0.6 is 11.3 Å². The molecule has 1 aromatic heterocycles. The van der Waals surface area contributed by atoms with Crippen LogP contribution in [0, 0.1) is 6.92 Å². The average molecular weight is 310 g/mol. The van der Waals surface area contributed by atoms with E-state index in [0.29, 0.717) is 0 Å². The van der Waals surface area contributed by atoms with E-state index in [1.807, 2.05) is 30.5 Å². The number of ether oxygens (including phenoxy) is 1. The first-order valence-electron chi connectivity index (χ1n) is 7.15. The van der Waals surface area contributed by atoms with Crippen LogP contribution in [0.4, 0.5) is 10.8 Å². The molecule has 0 saturated carbocycles. The maximum absolute atomic E-state index is 5.16. The Kier molecular flexibility index (Phi) is 4.39. The minimum absolute atomic E-state index is 0.852. The molecule has 3 nitrogen and oxygen atoms in total. The predicted molar refractivity (Wildman–Crippen MR) is 92.4 cm³/mol. The van der Waals surface area contributed by atoms with Crippen LogP contribution in [0.15, 0.2) is 54.7 Å². The molecule has 0 unspecified atom stereocenters. The number of aromatic nitrogens is 1. The van der Waals surface area contributed by atoms with Gasteiger partial charge in [0.05, 0.1) is 7.11 Å². The van der Waals surface area contributed by atoms with E-state index in [-0.39, 0.29) is 0 Å². The molecule has 0 aliphatic heterocycles. The first kappa shape index (κ1) is 14.6. The topological polar surface area (TPSA) is 34.1 Å². The Bertz CT molecular complexity index is 750. The van der Waals surface area contributed by atoms with Crippen LogP contribution in [0.1, 0.15) is 16.0 Å². The molecule has 2 aromatic carbocycles. The van der Waals surface area contributed by atoms with E-state index in [4.69, 9.17) is 4.74 Å². The zero-order chi connectivity index (χ0) is 15.4. The number of rotatable bonds is 5. The highest BCUT2D eigenvalue weighted by Gasteiger charge is 2.05. The number of anilines is 2. The third kappa shape index (κ3) is 3.46. The molecule has 0 aliphatic rings.